The van der Waals surface area contributed by atoms with E-state index in [-0.39, 0.29) is 18.9 Å². The van der Waals surface area contributed by atoms with Crippen LogP contribution < -0.4 is 5.32 Å². The lowest BCUT2D eigenvalue weighted by Crippen LogP contribution is -2.41. The number of carbonyl (C=O) groups excluding carboxylic acids is 1. The number of phenolic OH excluding ortho intramolecular Hbond substituents is 1. The molecule has 0 bridgehead atoms. The molecule has 2 N–H and O–H groups in total. The van der Waals surface area contributed by atoms with Gasteiger partial charge in [0.1, 0.15) is 12.4 Å². The second-order valence-corrected chi connectivity index (χ2v) is 9.45. The minimum atomic E-state index is -0.690. The molecule has 1 heterocycles. The van der Waals surface area contributed by atoms with E-state index in [0.29, 0.717) is 11.0 Å². The van der Waals surface area contributed by atoms with Gasteiger partial charge in [0.05, 0.1) is 11.2 Å². The summed E-state index contributed by atoms with van der Waals surface area (Å²) < 4.78 is 17.8. The van der Waals surface area contributed by atoms with Crippen molar-refractivity contribution in [2.45, 2.75) is 45.5 Å². The van der Waals surface area contributed by atoms with Crippen molar-refractivity contribution in [2.24, 2.45) is 0 Å². The molecule has 34 heavy (non-hydrogen) atoms. The predicted molar refractivity (Wildman–Crippen MR) is 134 cm³/mol. The summed E-state index contributed by atoms with van der Waals surface area (Å²) in [5.74, 6) is 0.166. The monoisotopic (exact) mass is 459 g/mol. The van der Waals surface area contributed by atoms with Gasteiger partial charge in [-0.15, -0.1) is 0 Å². The van der Waals surface area contributed by atoms with Gasteiger partial charge < -0.3 is 24.5 Å². The molecule has 0 radical (unpaired) electrons. The Morgan fingerprint density at radius 2 is 1.62 bits per heavy atom. The van der Waals surface area contributed by atoms with Crippen molar-refractivity contribution >= 4 is 30.1 Å². The number of hydrogen-bond acceptors (Lipinski definition) is 5. The van der Waals surface area contributed by atoms with Crippen molar-refractivity contribution in [3.8, 4) is 5.75 Å². The maximum atomic E-state index is 12.4. The summed E-state index contributed by atoms with van der Waals surface area (Å²) in [5.41, 5.74) is 1.09. The Balaban J connectivity index is 1.56. The van der Waals surface area contributed by atoms with Crippen LogP contribution in [0.1, 0.15) is 38.8 Å². The van der Waals surface area contributed by atoms with E-state index in [9.17, 15) is 9.90 Å². The van der Waals surface area contributed by atoms with E-state index >= 15 is 0 Å². The Bertz CT molecular complexity index is 1190. The molecule has 7 heteroatoms. The molecular weight excluding hydrogens is 429 g/mol. The highest BCUT2D eigenvalue weighted by Crippen LogP contribution is 2.39. The first kappa shape index (κ1) is 23.9. The normalized spacial score (nSPS) is 17.1. The molecule has 3 aromatic rings. The summed E-state index contributed by atoms with van der Waals surface area (Å²) in [6.07, 6.45) is 1.26. The smallest absolute Gasteiger partial charge is 0.492 e. The van der Waals surface area contributed by atoms with Crippen molar-refractivity contribution in [1.82, 2.24) is 5.32 Å². The molecule has 0 unspecified atom stereocenters. The summed E-state index contributed by atoms with van der Waals surface area (Å²) >= 11 is 0. The van der Waals surface area contributed by atoms with Gasteiger partial charge >= 0.3 is 13.2 Å². The average molecular weight is 459 g/mol. The molecule has 0 aromatic heterocycles. The molecule has 176 valence electrons. The zero-order chi connectivity index (χ0) is 24.3. The highest BCUT2D eigenvalue weighted by atomic mass is 16.7. The van der Waals surface area contributed by atoms with Crippen LogP contribution in [0.2, 0.25) is 0 Å². The molecule has 1 saturated heterocycles. The number of aromatic hydroxyl groups is 1. The van der Waals surface area contributed by atoms with Crippen molar-refractivity contribution in [3.05, 3.63) is 83.3 Å². The summed E-state index contributed by atoms with van der Waals surface area (Å²) in [6, 6.07) is 20.9. The third-order valence-corrected chi connectivity index (χ3v) is 6.48. The van der Waals surface area contributed by atoms with E-state index in [1.54, 1.807) is 6.08 Å². The number of phenols is 1. The van der Waals surface area contributed by atoms with Gasteiger partial charge in [-0.1, -0.05) is 72.8 Å². The number of rotatable bonds is 6. The fourth-order valence-electron chi connectivity index (χ4n) is 3.73. The molecule has 1 amide bonds. The lowest BCUT2D eigenvalue weighted by molar-refractivity contribution is 0.00578. The molecule has 1 aliphatic heterocycles. The third kappa shape index (κ3) is 5.11. The zero-order valence-corrected chi connectivity index (χ0v) is 20.0. The van der Waals surface area contributed by atoms with Crippen LogP contribution >= 0.6 is 0 Å². The molecule has 0 saturated carbocycles. The van der Waals surface area contributed by atoms with E-state index in [4.69, 9.17) is 14.0 Å². The van der Waals surface area contributed by atoms with Gasteiger partial charge in [0, 0.05) is 17.5 Å². The molecule has 0 atom stereocenters. The molecular formula is C27H30BNO5. The van der Waals surface area contributed by atoms with Gasteiger partial charge in [-0.05, 0) is 44.1 Å². The number of amides is 1. The standard InChI is InChI=1S/C27H30BNO5/c1-26(2)27(3,4)34-28(33-26)22(17-29-25(31)32-18-19-10-6-5-7-11-19)16-21-15-14-20-12-8-9-13-23(20)24(21)30/h5-16,30H,17-18H2,1-4H3,(H,29,31). The first-order chi connectivity index (χ1) is 16.2. The highest BCUT2D eigenvalue weighted by molar-refractivity contribution is 6.56. The average Bonchev–Trinajstić information content (AvgIpc) is 3.04. The second-order valence-electron chi connectivity index (χ2n) is 9.45. The van der Waals surface area contributed by atoms with Crippen molar-refractivity contribution < 1.29 is 23.9 Å². The highest BCUT2D eigenvalue weighted by Gasteiger charge is 2.52. The number of benzene rings is 3. The third-order valence-electron chi connectivity index (χ3n) is 6.48. The van der Waals surface area contributed by atoms with Crippen molar-refractivity contribution in [2.75, 3.05) is 6.54 Å². The second kappa shape index (κ2) is 9.53. The van der Waals surface area contributed by atoms with Gasteiger partial charge in [0.2, 0.25) is 0 Å². The van der Waals surface area contributed by atoms with E-state index in [1.807, 2.05) is 94.4 Å². The fraction of sp³-hybridized carbons (Fsp3) is 0.296. The van der Waals surface area contributed by atoms with Gasteiger partial charge in [-0.2, -0.15) is 0 Å². The Hall–Kier alpha value is -3.29. The van der Waals surface area contributed by atoms with Crippen LogP contribution in [0.25, 0.3) is 16.8 Å². The predicted octanol–water partition coefficient (Wildman–Crippen LogP) is 5.49. The number of nitrogens with one attached hydrogen (secondary N) is 1. The maximum Gasteiger partial charge on any atom is 0.492 e. The van der Waals surface area contributed by atoms with Crippen LogP contribution in [-0.4, -0.2) is 36.1 Å². The zero-order valence-electron chi connectivity index (χ0n) is 20.0. The van der Waals surface area contributed by atoms with E-state index in [1.165, 1.54) is 0 Å². The number of ether oxygens (including phenoxy) is 1. The lowest BCUT2D eigenvalue weighted by atomic mass is 9.76. The minimum absolute atomic E-state index is 0.136. The quantitative estimate of drug-likeness (QED) is 0.477. The molecule has 0 spiro atoms. The van der Waals surface area contributed by atoms with Gasteiger partial charge in [-0.3, -0.25) is 0 Å². The van der Waals surface area contributed by atoms with Crippen LogP contribution in [0.15, 0.2) is 72.2 Å². The molecule has 3 aromatic carbocycles. The van der Waals surface area contributed by atoms with E-state index in [2.05, 4.69) is 5.32 Å². The fourth-order valence-corrected chi connectivity index (χ4v) is 3.73. The minimum Gasteiger partial charge on any atom is -0.507 e. The molecule has 6 nitrogen and oxygen atoms in total. The first-order valence-corrected chi connectivity index (χ1v) is 11.4. The number of alkyl carbamates (subject to hydrolysis) is 1. The largest absolute Gasteiger partial charge is 0.507 e. The van der Waals surface area contributed by atoms with Crippen LogP contribution in [0.4, 0.5) is 4.79 Å². The molecule has 1 fully saturated rings. The SMILES string of the molecule is CC1(C)OB(C(=Cc2ccc3ccccc3c2O)CNC(=O)OCc2ccccc2)OC1(C)C. The first-order valence-electron chi connectivity index (χ1n) is 11.4. The molecule has 1 aliphatic rings. The van der Waals surface area contributed by atoms with Gasteiger partial charge in [0.15, 0.2) is 0 Å². The van der Waals surface area contributed by atoms with Crippen molar-refractivity contribution in [3.63, 3.8) is 0 Å². The Kier molecular flexibility index (Phi) is 6.68. The maximum absolute atomic E-state index is 12.4. The van der Waals surface area contributed by atoms with Gasteiger partial charge in [0.25, 0.3) is 0 Å². The van der Waals surface area contributed by atoms with Gasteiger partial charge in [-0.25, -0.2) is 4.79 Å². The van der Waals surface area contributed by atoms with Crippen LogP contribution in [0.3, 0.4) is 0 Å². The van der Waals surface area contributed by atoms with Crippen molar-refractivity contribution in [1.29, 1.82) is 0 Å². The van der Waals surface area contributed by atoms with Crippen LogP contribution in [-0.2, 0) is 20.7 Å². The van der Waals surface area contributed by atoms with E-state index < -0.39 is 24.4 Å². The number of fused-ring (bicyclic) bond motifs is 1. The Labute approximate surface area is 200 Å². The summed E-state index contributed by atoms with van der Waals surface area (Å²) in [5, 5.41) is 15.4. The summed E-state index contributed by atoms with van der Waals surface area (Å²) in [7, 11) is -0.690. The van der Waals surface area contributed by atoms with Crippen LogP contribution in [0.5, 0.6) is 5.75 Å². The molecule has 0 aliphatic carbocycles. The van der Waals surface area contributed by atoms with E-state index in [0.717, 1.165) is 16.3 Å². The summed E-state index contributed by atoms with van der Waals surface area (Å²) in [6.45, 7) is 8.20. The lowest BCUT2D eigenvalue weighted by Gasteiger charge is -2.32. The summed E-state index contributed by atoms with van der Waals surface area (Å²) in [4.78, 5) is 12.4. The van der Waals surface area contributed by atoms with Crippen LogP contribution in [0, 0.1) is 0 Å². The number of hydrogen-bond donors (Lipinski definition) is 2. The Morgan fingerprint density at radius 3 is 2.32 bits per heavy atom. The Morgan fingerprint density at radius 1 is 0.971 bits per heavy atom. The number of carbonyl (C=O) groups is 1. The molecule has 4 rings (SSSR count). The topological polar surface area (TPSA) is 77.0 Å².